The number of aryl methyl sites for hydroxylation is 1. The fraction of sp³-hybridized carbons (Fsp3) is 0.136. The van der Waals surface area contributed by atoms with Gasteiger partial charge >= 0.3 is 0 Å². The minimum atomic E-state index is -3.66. The van der Waals surface area contributed by atoms with E-state index in [0.29, 0.717) is 30.0 Å². The average Bonchev–Trinajstić information content (AvgIpc) is 2.71. The van der Waals surface area contributed by atoms with Crippen LogP contribution in [0, 0.1) is 12.3 Å². The van der Waals surface area contributed by atoms with E-state index in [4.69, 9.17) is 15.9 Å². The SMILES string of the molecule is Cc1ccc(OCCc2ccc(C(=N)N)cc2)cc1NS(=O)(=O)c1ccccc1.Cl. The predicted octanol–water partition coefficient (Wildman–Crippen LogP) is 4.12. The first-order chi connectivity index (χ1) is 13.8. The van der Waals surface area contributed by atoms with Gasteiger partial charge in [0.1, 0.15) is 11.6 Å². The molecule has 3 aromatic rings. The molecular formula is C22H24ClN3O3S. The molecular weight excluding hydrogens is 422 g/mol. The molecule has 8 heteroatoms. The summed E-state index contributed by atoms with van der Waals surface area (Å²) in [5.41, 5.74) is 8.49. The van der Waals surface area contributed by atoms with Gasteiger partial charge in [0.2, 0.25) is 0 Å². The zero-order valence-electron chi connectivity index (χ0n) is 16.5. The van der Waals surface area contributed by atoms with E-state index in [1.165, 1.54) is 0 Å². The highest BCUT2D eigenvalue weighted by Gasteiger charge is 2.15. The molecule has 0 aliphatic heterocycles. The quantitative estimate of drug-likeness (QED) is 0.358. The van der Waals surface area contributed by atoms with E-state index in [2.05, 4.69) is 4.72 Å². The van der Waals surface area contributed by atoms with Crippen LogP contribution < -0.4 is 15.2 Å². The molecule has 3 rings (SSSR count). The van der Waals surface area contributed by atoms with Gasteiger partial charge in [0.25, 0.3) is 10.0 Å². The second kappa shape index (κ2) is 10.1. The maximum atomic E-state index is 12.6. The van der Waals surface area contributed by atoms with Crippen LogP contribution in [-0.4, -0.2) is 20.9 Å². The summed E-state index contributed by atoms with van der Waals surface area (Å²) < 4.78 is 33.6. The van der Waals surface area contributed by atoms with E-state index in [0.717, 1.165) is 11.1 Å². The maximum absolute atomic E-state index is 12.6. The Kier molecular flexibility index (Phi) is 7.86. The van der Waals surface area contributed by atoms with Crippen LogP contribution in [0.2, 0.25) is 0 Å². The van der Waals surface area contributed by atoms with Crippen molar-refractivity contribution < 1.29 is 13.2 Å². The highest BCUT2D eigenvalue weighted by Crippen LogP contribution is 2.25. The van der Waals surface area contributed by atoms with Crippen molar-refractivity contribution in [2.45, 2.75) is 18.2 Å². The van der Waals surface area contributed by atoms with Crippen molar-refractivity contribution in [3.63, 3.8) is 0 Å². The van der Waals surface area contributed by atoms with Crippen LogP contribution in [0.5, 0.6) is 5.75 Å². The van der Waals surface area contributed by atoms with Crippen LogP contribution >= 0.6 is 12.4 Å². The van der Waals surface area contributed by atoms with Gasteiger partial charge < -0.3 is 10.5 Å². The van der Waals surface area contributed by atoms with Gasteiger partial charge in [-0.1, -0.05) is 48.5 Å². The molecule has 0 radical (unpaired) electrons. The number of amidine groups is 1. The van der Waals surface area contributed by atoms with Gasteiger partial charge in [-0.05, 0) is 36.2 Å². The van der Waals surface area contributed by atoms with E-state index in [1.54, 1.807) is 48.5 Å². The first-order valence-electron chi connectivity index (χ1n) is 9.10. The van der Waals surface area contributed by atoms with Crippen molar-refractivity contribution in [1.82, 2.24) is 0 Å². The Morgan fingerprint density at radius 2 is 1.70 bits per heavy atom. The van der Waals surface area contributed by atoms with Crippen LogP contribution in [0.4, 0.5) is 5.69 Å². The number of nitrogen functional groups attached to an aromatic ring is 1. The third kappa shape index (κ3) is 5.98. The minimum absolute atomic E-state index is 0. The zero-order valence-corrected chi connectivity index (χ0v) is 18.1. The highest BCUT2D eigenvalue weighted by atomic mass is 35.5. The van der Waals surface area contributed by atoms with E-state index >= 15 is 0 Å². The van der Waals surface area contributed by atoms with Crippen LogP contribution in [0.3, 0.4) is 0 Å². The van der Waals surface area contributed by atoms with Gasteiger partial charge in [0.05, 0.1) is 17.2 Å². The van der Waals surface area contributed by atoms with Gasteiger partial charge in [-0.2, -0.15) is 0 Å². The number of anilines is 1. The fourth-order valence-electron chi connectivity index (χ4n) is 2.74. The van der Waals surface area contributed by atoms with Crippen molar-refractivity contribution in [2.75, 3.05) is 11.3 Å². The smallest absolute Gasteiger partial charge is 0.261 e. The summed E-state index contributed by atoms with van der Waals surface area (Å²) >= 11 is 0. The molecule has 158 valence electrons. The number of nitrogens with two attached hydrogens (primary N) is 1. The second-order valence-corrected chi connectivity index (χ2v) is 8.29. The number of halogens is 1. The molecule has 0 aromatic heterocycles. The number of hydrogen-bond donors (Lipinski definition) is 3. The lowest BCUT2D eigenvalue weighted by atomic mass is 10.1. The van der Waals surface area contributed by atoms with Crippen molar-refractivity contribution in [3.05, 3.63) is 89.5 Å². The lowest BCUT2D eigenvalue weighted by molar-refractivity contribution is 0.322. The Morgan fingerprint density at radius 3 is 2.33 bits per heavy atom. The lowest BCUT2D eigenvalue weighted by Crippen LogP contribution is -2.13. The molecule has 0 aliphatic carbocycles. The van der Waals surface area contributed by atoms with Gasteiger partial charge in [-0.3, -0.25) is 10.1 Å². The molecule has 0 amide bonds. The molecule has 0 unspecified atom stereocenters. The molecule has 0 heterocycles. The van der Waals surface area contributed by atoms with Crippen molar-refractivity contribution >= 4 is 34.0 Å². The Balaban J connectivity index is 0.00000320. The topological polar surface area (TPSA) is 105 Å². The number of sulfonamides is 1. The van der Waals surface area contributed by atoms with E-state index in [1.807, 2.05) is 31.2 Å². The van der Waals surface area contributed by atoms with Gasteiger partial charge in [0, 0.05) is 18.1 Å². The minimum Gasteiger partial charge on any atom is -0.493 e. The second-order valence-electron chi connectivity index (χ2n) is 6.60. The first kappa shape index (κ1) is 23.3. The number of hydrogen-bond acceptors (Lipinski definition) is 4. The number of benzene rings is 3. The molecule has 0 saturated carbocycles. The Bertz CT molecular complexity index is 1100. The maximum Gasteiger partial charge on any atom is 0.261 e. The first-order valence-corrected chi connectivity index (χ1v) is 10.6. The zero-order chi connectivity index (χ0) is 20.9. The molecule has 3 aromatic carbocycles. The van der Waals surface area contributed by atoms with E-state index < -0.39 is 10.0 Å². The lowest BCUT2D eigenvalue weighted by Gasteiger charge is -2.13. The summed E-state index contributed by atoms with van der Waals surface area (Å²) in [6, 6.07) is 21.0. The highest BCUT2D eigenvalue weighted by molar-refractivity contribution is 7.92. The molecule has 0 saturated heterocycles. The van der Waals surface area contributed by atoms with Gasteiger partial charge in [-0.25, -0.2) is 8.42 Å². The molecule has 0 aliphatic rings. The van der Waals surface area contributed by atoms with Crippen molar-refractivity contribution in [2.24, 2.45) is 5.73 Å². The molecule has 6 nitrogen and oxygen atoms in total. The Labute approximate surface area is 183 Å². The predicted molar refractivity (Wildman–Crippen MR) is 122 cm³/mol. The number of nitrogens with one attached hydrogen (secondary N) is 2. The summed E-state index contributed by atoms with van der Waals surface area (Å²) in [5, 5.41) is 7.42. The molecule has 0 atom stereocenters. The standard InChI is InChI=1S/C22H23N3O3S.ClH/c1-16-7-12-19(28-14-13-17-8-10-18(11-9-17)22(23)24)15-21(16)25-29(26,27)20-5-3-2-4-6-20;/h2-12,15,25H,13-14H2,1H3,(H3,23,24);1H. The summed E-state index contributed by atoms with van der Waals surface area (Å²) in [6.07, 6.45) is 0.678. The number of ether oxygens (including phenoxy) is 1. The van der Waals surface area contributed by atoms with E-state index in [9.17, 15) is 8.42 Å². The molecule has 0 spiro atoms. The fourth-order valence-corrected chi connectivity index (χ4v) is 3.88. The number of rotatable bonds is 8. The van der Waals surface area contributed by atoms with Crippen LogP contribution in [0.15, 0.2) is 77.7 Å². The van der Waals surface area contributed by atoms with E-state index in [-0.39, 0.29) is 23.1 Å². The molecule has 4 N–H and O–H groups in total. The summed E-state index contributed by atoms with van der Waals surface area (Å²) in [5.74, 6) is 0.625. The monoisotopic (exact) mass is 445 g/mol. The summed E-state index contributed by atoms with van der Waals surface area (Å²) in [6.45, 7) is 2.27. The third-order valence-electron chi connectivity index (χ3n) is 4.43. The summed E-state index contributed by atoms with van der Waals surface area (Å²) in [4.78, 5) is 0.208. The summed E-state index contributed by atoms with van der Waals surface area (Å²) in [7, 11) is -3.66. The normalized spacial score (nSPS) is 10.7. The van der Waals surface area contributed by atoms with Crippen molar-refractivity contribution in [3.8, 4) is 5.75 Å². The van der Waals surface area contributed by atoms with Crippen LogP contribution in [0.25, 0.3) is 0 Å². The van der Waals surface area contributed by atoms with Crippen LogP contribution in [0.1, 0.15) is 16.7 Å². The van der Waals surface area contributed by atoms with Gasteiger partial charge in [-0.15, -0.1) is 12.4 Å². The van der Waals surface area contributed by atoms with Gasteiger partial charge in [0.15, 0.2) is 0 Å². The largest absolute Gasteiger partial charge is 0.493 e. The third-order valence-corrected chi connectivity index (χ3v) is 5.81. The molecule has 0 bridgehead atoms. The average molecular weight is 446 g/mol. The van der Waals surface area contributed by atoms with Crippen molar-refractivity contribution in [1.29, 1.82) is 5.41 Å². The Morgan fingerprint density at radius 1 is 1.03 bits per heavy atom. The molecule has 0 fully saturated rings. The molecule has 30 heavy (non-hydrogen) atoms. The Hall–Kier alpha value is -3.03. The van der Waals surface area contributed by atoms with Crippen LogP contribution in [-0.2, 0) is 16.4 Å².